The van der Waals surface area contributed by atoms with Gasteiger partial charge in [-0.1, -0.05) is 33.6 Å². The smallest absolute Gasteiger partial charge is 0.136 e. The molecule has 0 bridgehead atoms. The van der Waals surface area contributed by atoms with E-state index in [0.717, 1.165) is 25.2 Å². The first-order valence-corrected chi connectivity index (χ1v) is 6.66. The Balaban J connectivity index is 2.27. The van der Waals surface area contributed by atoms with Crippen molar-refractivity contribution in [2.24, 2.45) is 17.8 Å². The molecule has 1 nitrogen and oxygen atoms in total. The molecule has 88 valence electrons. The van der Waals surface area contributed by atoms with Crippen LogP contribution in [-0.2, 0) is 4.79 Å². The van der Waals surface area contributed by atoms with E-state index in [1.54, 1.807) is 0 Å². The summed E-state index contributed by atoms with van der Waals surface area (Å²) < 4.78 is 0. The van der Waals surface area contributed by atoms with Crippen LogP contribution in [0, 0.1) is 17.8 Å². The summed E-state index contributed by atoms with van der Waals surface area (Å²) in [7, 11) is 0. The second-order valence-electron chi connectivity index (χ2n) is 5.57. The van der Waals surface area contributed by atoms with Crippen molar-refractivity contribution < 1.29 is 4.79 Å². The third-order valence-electron chi connectivity index (χ3n) is 3.61. The highest BCUT2D eigenvalue weighted by Gasteiger charge is 2.25. The van der Waals surface area contributed by atoms with E-state index in [1.807, 2.05) is 0 Å². The molecule has 1 rings (SSSR count). The van der Waals surface area contributed by atoms with Crippen LogP contribution in [0.3, 0.4) is 0 Å². The zero-order valence-electron chi connectivity index (χ0n) is 10.6. The minimum atomic E-state index is 0.403. The molecule has 0 spiro atoms. The highest BCUT2D eigenvalue weighted by atomic mass is 16.1. The molecule has 1 aliphatic carbocycles. The molecule has 0 heterocycles. The summed E-state index contributed by atoms with van der Waals surface area (Å²) >= 11 is 0. The molecule has 0 aromatic rings. The van der Waals surface area contributed by atoms with Crippen LogP contribution in [0.25, 0.3) is 0 Å². The van der Waals surface area contributed by atoms with E-state index in [-0.39, 0.29) is 0 Å². The van der Waals surface area contributed by atoms with Gasteiger partial charge in [-0.3, -0.25) is 4.79 Å². The van der Waals surface area contributed by atoms with Crippen LogP contribution in [0.2, 0.25) is 0 Å². The Labute approximate surface area is 94.6 Å². The maximum absolute atomic E-state index is 11.9. The molecule has 0 saturated heterocycles. The molecule has 0 N–H and O–H groups in total. The Morgan fingerprint density at radius 1 is 1.20 bits per heavy atom. The fourth-order valence-electron chi connectivity index (χ4n) is 2.75. The third kappa shape index (κ3) is 4.36. The second kappa shape index (κ2) is 6.30. The number of carbonyl (C=O) groups is 1. The fourth-order valence-corrected chi connectivity index (χ4v) is 2.75. The van der Waals surface area contributed by atoms with Crippen LogP contribution in [0.15, 0.2) is 0 Å². The van der Waals surface area contributed by atoms with Gasteiger partial charge in [-0.05, 0) is 37.5 Å². The van der Waals surface area contributed by atoms with E-state index >= 15 is 0 Å². The molecule has 15 heavy (non-hydrogen) atoms. The lowest BCUT2D eigenvalue weighted by atomic mass is 9.77. The van der Waals surface area contributed by atoms with Gasteiger partial charge < -0.3 is 0 Å². The summed E-state index contributed by atoms with van der Waals surface area (Å²) in [5.41, 5.74) is 0. The van der Waals surface area contributed by atoms with Crippen molar-refractivity contribution in [1.29, 1.82) is 0 Å². The lowest BCUT2D eigenvalue weighted by Gasteiger charge is -2.27. The van der Waals surface area contributed by atoms with Crippen molar-refractivity contribution in [2.45, 2.75) is 65.7 Å². The van der Waals surface area contributed by atoms with E-state index in [0.29, 0.717) is 17.6 Å². The number of carbonyl (C=O) groups excluding carboxylic acids is 1. The normalized spacial score (nSPS) is 26.9. The Bertz CT molecular complexity index is 188. The van der Waals surface area contributed by atoms with Crippen LogP contribution >= 0.6 is 0 Å². The van der Waals surface area contributed by atoms with E-state index in [1.165, 1.54) is 25.7 Å². The van der Waals surface area contributed by atoms with Crippen molar-refractivity contribution in [2.75, 3.05) is 0 Å². The molecule has 0 radical (unpaired) electrons. The predicted molar refractivity (Wildman–Crippen MR) is 64.8 cm³/mol. The minimum absolute atomic E-state index is 0.403. The number of hydrogen-bond acceptors (Lipinski definition) is 1. The molecule has 0 aliphatic heterocycles. The first-order valence-electron chi connectivity index (χ1n) is 6.66. The Morgan fingerprint density at radius 2 is 1.80 bits per heavy atom. The summed E-state index contributed by atoms with van der Waals surface area (Å²) in [5.74, 6) is 2.38. The average Bonchev–Trinajstić information content (AvgIpc) is 2.18. The number of rotatable bonds is 5. The summed E-state index contributed by atoms with van der Waals surface area (Å²) in [6.07, 6.45) is 8.38. The van der Waals surface area contributed by atoms with Gasteiger partial charge in [0.2, 0.25) is 0 Å². The van der Waals surface area contributed by atoms with Crippen molar-refractivity contribution in [3.63, 3.8) is 0 Å². The minimum Gasteiger partial charge on any atom is -0.299 e. The van der Waals surface area contributed by atoms with Gasteiger partial charge in [-0.2, -0.15) is 0 Å². The molecule has 1 heteroatoms. The molecule has 1 aliphatic rings. The van der Waals surface area contributed by atoms with Gasteiger partial charge in [0.05, 0.1) is 0 Å². The predicted octanol–water partition coefficient (Wildman–Crippen LogP) is 4.21. The monoisotopic (exact) mass is 210 g/mol. The summed E-state index contributed by atoms with van der Waals surface area (Å²) in [5, 5.41) is 0. The molecule has 0 amide bonds. The maximum Gasteiger partial charge on any atom is 0.136 e. The topological polar surface area (TPSA) is 17.1 Å². The van der Waals surface area contributed by atoms with Gasteiger partial charge in [0, 0.05) is 12.3 Å². The third-order valence-corrected chi connectivity index (χ3v) is 3.61. The highest BCUT2D eigenvalue weighted by Crippen LogP contribution is 2.32. The molecular formula is C14H26O. The Morgan fingerprint density at radius 3 is 2.27 bits per heavy atom. The van der Waals surface area contributed by atoms with Gasteiger partial charge in [0.25, 0.3) is 0 Å². The van der Waals surface area contributed by atoms with Crippen molar-refractivity contribution in [1.82, 2.24) is 0 Å². The van der Waals surface area contributed by atoms with Crippen molar-refractivity contribution in [3.8, 4) is 0 Å². The highest BCUT2D eigenvalue weighted by molar-refractivity contribution is 5.81. The maximum atomic E-state index is 11.9. The van der Waals surface area contributed by atoms with Crippen molar-refractivity contribution in [3.05, 3.63) is 0 Å². The number of ketones is 1. The van der Waals surface area contributed by atoms with Crippen LogP contribution in [0.5, 0.6) is 0 Å². The molecule has 0 unspecified atom stereocenters. The molecule has 1 saturated carbocycles. The van der Waals surface area contributed by atoms with Crippen LogP contribution in [0.4, 0.5) is 0 Å². The van der Waals surface area contributed by atoms with Gasteiger partial charge >= 0.3 is 0 Å². The van der Waals surface area contributed by atoms with Crippen LogP contribution in [-0.4, -0.2) is 5.78 Å². The largest absolute Gasteiger partial charge is 0.299 e. The SMILES string of the molecule is CCCC1CCC(C(=O)CC(C)C)CC1. The zero-order valence-corrected chi connectivity index (χ0v) is 10.6. The molecule has 0 atom stereocenters. The average molecular weight is 210 g/mol. The number of Topliss-reactive ketones (excluding diaryl/α,β-unsaturated/α-hetero) is 1. The first kappa shape index (κ1) is 12.7. The summed E-state index contributed by atoms with van der Waals surface area (Å²) in [4.78, 5) is 11.9. The lowest BCUT2D eigenvalue weighted by molar-refractivity contribution is -0.124. The van der Waals surface area contributed by atoms with Gasteiger partial charge in [0.1, 0.15) is 5.78 Å². The Hall–Kier alpha value is -0.330. The van der Waals surface area contributed by atoms with Crippen LogP contribution < -0.4 is 0 Å². The molecule has 0 aromatic carbocycles. The van der Waals surface area contributed by atoms with Gasteiger partial charge in [-0.15, -0.1) is 0 Å². The number of hydrogen-bond donors (Lipinski definition) is 0. The molecule has 1 fully saturated rings. The standard InChI is InChI=1S/C14H26O/c1-4-5-12-6-8-13(9-7-12)14(15)10-11(2)3/h11-13H,4-10H2,1-3H3. The van der Waals surface area contributed by atoms with Gasteiger partial charge in [0.15, 0.2) is 0 Å². The van der Waals surface area contributed by atoms with E-state index in [4.69, 9.17) is 0 Å². The quantitative estimate of drug-likeness (QED) is 0.664. The van der Waals surface area contributed by atoms with Gasteiger partial charge in [-0.25, -0.2) is 0 Å². The van der Waals surface area contributed by atoms with E-state index in [9.17, 15) is 4.79 Å². The summed E-state index contributed by atoms with van der Waals surface area (Å²) in [6, 6.07) is 0. The molecule has 0 aromatic heterocycles. The second-order valence-corrected chi connectivity index (χ2v) is 5.57. The van der Waals surface area contributed by atoms with E-state index < -0.39 is 0 Å². The fraction of sp³-hybridized carbons (Fsp3) is 0.929. The lowest BCUT2D eigenvalue weighted by Crippen LogP contribution is -2.22. The van der Waals surface area contributed by atoms with E-state index in [2.05, 4.69) is 20.8 Å². The summed E-state index contributed by atoms with van der Waals surface area (Å²) in [6.45, 7) is 6.54. The molecular weight excluding hydrogens is 184 g/mol. The van der Waals surface area contributed by atoms with Crippen LogP contribution in [0.1, 0.15) is 65.7 Å². The van der Waals surface area contributed by atoms with Crippen molar-refractivity contribution >= 4 is 5.78 Å². The first-order chi connectivity index (χ1) is 7.13. The Kier molecular flexibility index (Phi) is 5.35. The zero-order chi connectivity index (χ0) is 11.3.